The van der Waals surface area contributed by atoms with Gasteiger partial charge in [0.2, 0.25) is 5.89 Å². The van der Waals surface area contributed by atoms with Gasteiger partial charge in [-0.1, -0.05) is 25.1 Å². The van der Waals surface area contributed by atoms with Gasteiger partial charge in [0, 0.05) is 6.20 Å². The molecule has 3 rings (SSSR count). The van der Waals surface area contributed by atoms with E-state index in [-0.39, 0.29) is 0 Å². The summed E-state index contributed by atoms with van der Waals surface area (Å²) in [5.41, 5.74) is 1.94. The van der Waals surface area contributed by atoms with Crippen LogP contribution in [0.15, 0.2) is 53.3 Å². The first-order valence-corrected chi connectivity index (χ1v) is 6.62. The summed E-state index contributed by atoms with van der Waals surface area (Å²) in [6, 6.07) is 9.97. The average Bonchev–Trinajstić information content (AvgIpc) is 3.15. The first-order valence-electron chi connectivity index (χ1n) is 6.62. The summed E-state index contributed by atoms with van der Waals surface area (Å²) in [5, 5.41) is 7.53. The van der Waals surface area contributed by atoms with Crippen LogP contribution in [0.4, 0.5) is 0 Å². The lowest BCUT2D eigenvalue weighted by molar-refractivity contribution is 0.482. The van der Waals surface area contributed by atoms with Gasteiger partial charge in [-0.15, -0.1) is 0 Å². The monoisotopic (exact) mass is 268 g/mol. The number of nitrogens with one attached hydrogen (secondary N) is 1. The number of para-hydroxylation sites is 1. The van der Waals surface area contributed by atoms with Crippen LogP contribution in [0.2, 0.25) is 0 Å². The summed E-state index contributed by atoms with van der Waals surface area (Å²) >= 11 is 0. The van der Waals surface area contributed by atoms with Crippen LogP contribution in [0, 0.1) is 0 Å². The molecule has 0 saturated carbocycles. The predicted molar refractivity (Wildman–Crippen MR) is 76.4 cm³/mol. The first-order chi connectivity index (χ1) is 9.86. The number of rotatable bonds is 5. The summed E-state index contributed by atoms with van der Waals surface area (Å²) in [6.07, 6.45) is 5.45. The molecule has 0 unspecified atom stereocenters. The normalized spacial score (nSPS) is 10.8. The highest BCUT2D eigenvalue weighted by molar-refractivity contribution is 5.54. The fourth-order valence-electron chi connectivity index (χ4n) is 1.93. The van der Waals surface area contributed by atoms with Crippen LogP contribution in [0.3, 0.4) is 0 Å². The van der Waals surface area contributed by atoms with Crippen molar-refractivity contribution in [2.24, 2.45) is 0 Å². The van der Waals surface area contributed by atoms with E-state index in [9.17, 15) is 0 Å². The molecule has 5 nitrogen and oxygen atoms in total. The second kappa shape index (κ2) is 5.71. The molecule has 0 radical (unpaired) electrons. The van der Waals surface area contributed by atoms with Crippen molar-refractivity contribution in [3.63, 3.8) is 0 Å². The highest BCUT2D eigenvalue weighted by Crippen LogP contribution is 2.21. The molecule has 0 aliphatic heterocycles. The number of nitrogens with zero attached hydrogens (tertiary/aromatic N) is 3. The van der Waals surface area contributed by atoms with E-state index in [0.29, 0.717) is 12.4 Å². The Bertz CT molecular complexity index is 672. The Morgan fingerprint density at radius 2 is 2.05 bits per heavy atom. The fourth-order valence-corrected chi connectivity index (χ4v) is 1.93. The van der Waals surface area contributed by atoms with Gasteiger partial charge in [-0.05, 0) is 18.7 Å². The lowest BCUT2D eigenvalue weighted by Gasteiger charge is -1.98. The van der Waals surface area contributed by atoms with Crippen LogP contribution >= 0.6 is 0 Å². The van der Waals surface area contributed by atoms with E-state index in [4.69, 9.17) is 4.42 Å². The summed E-state index contributed by atoms with van der Waals surface area (Å²) in [7, 11) is 0. The highest BCUT2D eigenvalue weighted by atomic mass is 16.4. The third-order valence-electron chi connectivity index (χ3n) is 2.97. The van der Waals surface area contributed by atoms with E-state index < -0.39 is 0 Å². The number of hydrogen-bond donors (Lipinski definition) is 1. The van der Waals surface area contributed by atoms with Gasteiger partial charge >= 0.3 is 0 Å². The van der Waals surface area contributed by atoms with Crippen LogP contribution in [0.5, 0.6) is 0 Å². The largest absolute Gasteiger partial charge is 0.439 e. The molecule has 2 heterocycles. The second-order valence-electron chi connectivity index (χ2n) is 4.41. The maximum absolute atomic E-state index is 5.69. The second-order valence-corrected chi connectivity index (χ2v) is 4.41. The summed E-state index contributed by atoms with van der Waals surface area (Å²) in [5.74, 6) is 1.43. The Morgan fingerprint density at radius 1 is 1.20 bits per heavy atom. The van der Waals surface area contributed by atoms with Gasteiger partial charge in [0.05, 0.1) is 30.2 Å². The first kappa shape index (κ1) is 12.6. The van der Waals surface area contributed by atoms with Gasteiger partial charge in [-0.3, -0.25) is 0 Å². The molecular weight excluding hydrogens is 252 g/mol. The van der Waals surface area contributed by atoms with Crippen LogP contribution in [-0.2, 0) is 6.54 Å². The standard InChI is InChI=1S/C15H16N4O/c1-2-16-10-15-17-9-14(20-15)12-8-18-19(11-12)13-6-4-3-5-7-13/h3-9,11,16H,2,10H2,1H3. The molecular formula is C15H16N4O. The molecule has 20 heavy (non-hydrogen) atoms. The molecule has 0 fully saturated rings. The van der Waals surface area contributed by atoms with E-state index in [1.54, 1.807) is 12.4 Å². The fraction of sp³-hybridized carbons (Fsp3) is 0.200. The number of aromatic nitrogens is 3. The molecule has 5 heteroatoms. The summed E-state index contributed by atoms with van der Waals surface area (Å²) < 4.78 is 7.52. The Hall–Kier alpha value is -2.40. The van der Waals surface area contributed by atoms with Gasteiger partial charge < -0.3 is 9.73 Å². The Balaban J connectivity index is 1.81. The lowest BCUT2D eigenvalue weighted by atomic mass is 10.3. The van der Waals surface area contributed by atoms with Gasteiger partial charge in [-0.2, -0.15) is 5.10 Å². The Labute approximate surface area is 117 Å². The van der Waals surface area contributed by atoms with Crippen molar-refractivity contribution in [3.05, 3.63) is 54.8 Å². The van der Waals surface area contributed by atoms with Crippen molar-refractivity contribution in [2.45, 2.75) is 13.5 Å². The number of hydrogen-bond acceptors (Lipinski definition) is 4. The molecule has 2 aromatic heterocycles. The average molecular weight is 268 g/mol. The highest BCUT2D eigenvalue weighted by Gasteiger charge is 2.09. The van der Waals surface area contributed by atoms with Gasteiger partial charge in [0.15, 0.2) is 5.76 Å². The van der Waals surface area contributed by atoms with Crippen LogP contribution in [0.1, 0.15) is 12.8 Å². The molecule has 0 aliphatic rings. The minimum absolute atomic E-state index is 0.642. The molecule has 0 saturated heterocycles. The molecule has 0 atom stereocenters. The third-order valence-corrected chi connectivity index (χ3v) is 2.97. The molecule has 0 aliphatic carbocycles. The minimum Gasteiger partial charge on any atom is -0.439 e. The summed E-state index contributed by atoms with van der Waals surface area (Å²) in [6.45, 7) is 3.58. The predicted octanol–water partition coefficient (Wildman–Crippen LogP) is 2.64. The zero-order valence-corrected chi connectivity index (χ0v) is 11.3. The summed E-state index contributed by atoms with van der Waals surface area (Å²) in [4.78, 5) is 4.25. The maximum atomic E-state index is 5.69. The van der Waals surface area contributed by atoms with Crippen molar-refractivity contribution in [2.75, 3.05) is 6.54 Å². The quantitative estimate of drug-likeness (QED) is 0.773. The topological polar surface area (TPSA) is 55.9 Å². The molecule has 1 N–H and O–H groups in total. The van der Waals surface area contributed by atoms with Gasteiger partial charge in [-0.25, -0.2) is 9.67 Å². The van der Waals surface area contributed by atoms with Crippen molar-refractivity contribution in [1.82, 2.24) is 20.1 Å². The zero-order chi connectivity index (χ0) is 13.8. The van der Waals surface area contributed by atoms with Gasteiger partial charge in [0.1, 0.15) is 0 Å². The van der Waals surface area contributed by atoms with Crippen molar-refractivity contribution in [1.29, 1.82) is 0 Å². The Morgan fingerprint density at radius 3 is 2.85 bits per heavy atom. The molecule has 3 aromatic rings. The molecule has 102 valence electrons. The zero-order valence-electron chi connectivity index (χ0n) is 11.3. The molecule has 0 amide bonds. The Kier molecular flexibility index (Phi) is 3.60. The smallest absolute Gasteiger partial charge is 0.208 e. The van der Waals surface area contributed by atoms with E-state index in [2.05, 4.69) is 15.4 Å². The van der Waals surface area contributed by atoms with Crippen molar-refractivity contribution < 1.29 is 4.42 Å². The SMILES string of the molecule is CCNCc1ncc(-c2cnn(-c3ccccc3)c2)o1. The van der Waals surface area contributed by atoms with E-state index in [1.165, 1.54) is 0 Å². The minimum atomic E-state index is 0.642. The van der Waals surface area contributed by atoms with Gasteiger partial charge in [0.25, 0.3) is 0 Å². The van der Waals surface area contributed by atoms with Crippen molar-refractivity contribution in [3.8, 4) is 17.0 Å². The van der Waals surface area contributed by atoms with Crippen LogP contribution in [0.25, 0.3) is 17.0 Å². The van der Waals surface area contributed by atoms with Crippen LogP contribution < -0.4 is 5.32 Å². The van der Waals surface area contributed by atoms with Crippen molar-refractivity contribution >= 4 is 0 Å². The maximum Gasteiger partial charge on any atom is 0.208 e. The number of oxazole rings is 1. The van der Waals surface area contributed by atoms with E-state index in [0.717, 1.165) is 23.6 Å². The third kappa shape index (κ3) is 2.62. The van der Waals surface area contributed by atoms with E-state index >= 15 is 0 Å². The molecule has 0 spiro atoms. The molecule has 0 bridgehead atoms. The lowest BCUT2D eigenvalue weighted by Crippen LogP contribution is -2.11. The molecule has 1 aromatic carbocycles. The van der Waals surface area contributed by atoms with Crippen LogP contribution in [-0.4, -0.2) is 21.3 Å². The number of benzene rings is 1. The van der Waals surface area contributed by atoms with E-state index in [1.807, 2.05) is 48.1 Å².